The molecular weight excluding hydrogens is 541 g/mol. The van der Waals surface area contributed by atoms with Crippen LogP contribution in [-0.2, 0) is 4.79 Å². The van der Waals surface area contributed by atoms with Crippen LogP contribution in [0.3, 0.4) is 0 Å². The minimum Gasteiger partial charge on any atom is -0.510 e. The average Bonchev–Trinajstić information content (AvgIpc) is 2.82. The first kappa shape index (κ1) is 28.4. The minimum atomic E-state index is -1.33. The van der Waals surface area contributed by atoms with E-state index in [1.165, 1.54) is 24.3 Å². The summed E-state index contributed by atoms with van der Waals surface area (Å²) in [7, 11) is 0. The highest BCUT2D eigenvalue weighted by Crippen LogP contribution is 2.52. The van der Waals surface area contributed by atoms with E-state index in [1.807, 2.05) is 9.80 Å². The summed E-state index contributed by atoms with van der Waals surface area (Å²) in [6.45, 7) is 2.19. The molecule has 196 valence electrons. The highest BCUT2D eigenvalue weighted by Gasteiger charge is 2.46. The lowest BCUT2D eigenvalue weighted by Crippen LogP contribution is -2.30. The number of aliphatic hydroxyl groups excluding tert-OH is 1. The minimum absolute atomic E-state index is 0.147. The highest BCUT2D eigenvalue weighted by atomic mass is 32.1. The fraction of sp³-hybridized carbons (Fsp3) is 0.375. The molecule has 5 N–H and O–H groups in total. The second-order valence-electron chi connectivity index (χ2n) is 8.18. The maximum absolute atomic E-state index is 13.1. The average molecular weight is 571 g/mol. The van der Waals surface area contributed by atoms with Crippen LogP contribution in [0.1, 0.15) is 17.0 Å². The molecule has 0 radical (unpaired) electrons. The third kappa shape index (κ3) is 5.56. The van der Waals surface area contributed by atoms with Gasteiger partial charge >= 0.3 is 0 Å². The van der Waals surface area contributed by atoms with Gasteiger partial charge in [-0.2, -0.15) is 50.5 Å². The molecule has 0 amide bonds. The third-order valence-corrected chi connectivity index (χ3v) is 6.79. The summed E-state index contributed by atoms with van der Waals surface area (Å²) < 4.78 is 0. The first-order chi connectivity index (χ1) is 17.2. The Labute approximate surface area is 231 Å². The van der Waals surface area contributed by atoms with E-state index in [-0.39, 0.29) is 39.7 Å². The first-order valence-electron chi connectivity index (χ1n) is 11.2. The lowest BCUT2D eigenvalue weighted by molar-refractivity contribution is -0.116. The molecular formula is C24H30N2O6S4. The molecule has 1 aliphatic carbocycles. The topological polar surface area (TPSA) is 125 Å². The smallest absolute Gasteiger partial charge is 0.182 e. The number of Topliss-reactive ketones (excluding diaryl/α,β-unsaturated/α-hetero) is 1. The van der Waals surface area contributed by atoms with Crippen molar-refractivity contribution in [2.75, 3.05) is 59.0 Å². The molecule has 36 heavy (non-hydrogen) atoms. The molecule has 3 rings (SSSR count). The number of aromatic hydroxyl groups is 4. The summed E-state index contributed by atoms with van der Waals surface area (Å²) in [5.74, 6) is -1.82. The number of anilines is 2. The van der Waals surface area contributed by atoms with Gasteiger partial charge in [-0.25, -0.2) is 0 Å². The zero-order chi connectivity index (χ0) is 26.6. The van der Waals surface area contributed by atoms with Crippen LogP contribution < -0.4 is 9.80 Å². The maximum atomic E-state index is 13.1. The van der Waals surface area contributed by atoms with Crippen molar-refractivity contribution in [3.8, 4) is 23.0 Å². The summed E-state index contributed by atoms with van der Waals surface area (Å²) in [6.07, 6.45) is 0. The van der Waals surface area contributed by atoms with Gasteiger partial charge in [0.1, 0.15) is 34.7 Å². The van der Waals surface area contributed by atoms with Crippen molar-refractivity contribution in [3.05, 3.63) is 41.2 Å². The molecule has 0 fully saturated rings. The van der Waals surface area contributed by atoms with Gasteiger partial charge in [0.05, 0.1) is 16.7 Å². The van der Waals surface area contributed by atoms with Gasteiger partial charge in [0.2, 0.25) is 0 Å². The van der Waals surface area contributed by atoms with Crippen LogP contribution >= 0.6 is 50.5 Å². The van der Waals surface area contributed by atoms with E-state index in [9.17, 15) is 30.3 Å². The lowest BCUT2D eigenvalue weighted by Gasteiger charge is -2.31. The molecule has 2 aromatic carbocycles. The van der Waals surface area contributed by atoms with Crippen LogP contribution in [0, 0.1) is 0 Å². The van der Waals surface area contributed by atoms with Crippen molar-refractivity contribution in [1.29, 1.82) is 0 Å². The van der Waals surface area contributed by atoms with Crippen molar-refractivity contribution in [1.82, 2.24) is 0 Å². The van der Waals surface area contributed by atoms with E-state index in [0.717, 1.165) is 0 Å². The SMILES string of the molecule is O=C1C(c2c(O)cc(N(CCS)CCS)cc2O)=C(O)C1c1c(O)cc(N(CCS)CCS)cc1O. The summed E-state index contributed by atoms with van der Waals surface area (Å²) >= 11 is 16.9. The predicted molar refractivity (Wildman–Crippen MR) is 157 cm³/mol. The van der Waals surface area contributed by atoms with Crippen molar-refractivity contribution < 1.29 is 30.3 Å². The Kier molecular flexibility index (Phi) is 9.79. The fourth-order valence-electron chi connectivity index (χ4n) is 4.33. The number of carbonyl (C=O) groups excluding carboxylic acids is 1. The summed E-state index contributed by atoms with van der Waals surface area (Å²) in [4.78, 5) is 16.8. The van der Waals surface area contributed by atoms with Gasteiger partial charge in [0.15, 0.2) is 5.78 Å². The Morgan fingerprint density at radius 1 is 0.639 bits per heavy atom. The number of nitrogens with zero attached hydrogens (tertiary/aromatic N) is 2. The summed E-state index contributed by atoms with van der Waals surface area (Å²) in [5, 5.41) is 53.4. The van der Waals surface area contributed by atoms with E-state index in [4.69, 9.17) is 0 Å². The van der Waals surface area contributed by atoms with Crippen LogP contribution in [0.2, 0.25) is 0 Å². The van der Waals surface area contributed by atoms with Gasteiger partial charge in [-0.3, -0.25) is 4.79 Å². The molecule has 0 saturated heterocycles. The first-order valence-corrected chi connectivity index (χ1v) is 13.8. The number of ketones is 1. The zero-order valence-corrected chi connectivity index (χ0v) is 22.9. The number of rotatable bonds is 12. The molecule has 0 heterocycles. The molecule has 0 aliphatic heterocycles. The second-order valence-corrected chi connectivity index (χ2v) is 9.97. The molecule has 0 spiro atoms. The Balaban J connectivity index is 1.99. The van der Waals surface area contributed by atoms with Crippen LogP contribution in [0.5, 0.6) is 23.0 Å². The second kappa shape index (κ2) is 12.4. The third-order valence-electron chi connectivity index (χ3n) is 5.99. The van der Waals surface area contributed by atoms with Crippen molar-refractivity contribution in [2.45, 2.75) is 5.92 Å². The van der Waals surface area contributed by atoms with Gasteiger partial charge in [-0.05, 0) is 0 Å². The highest BCUT2D eigenvalue weighted by molar-refractivity contribution is 7.80. The van der Waals surface area contributed by atoms with Crippen LogP contribution in [0.4, 0.5) is 11.4 Å². The molecule has 0 aromatic heterocycles. The number of allylic oxidation sites excluding steroid dienone is 2. The molecule has 12 heteroatoms. The molecule has 1 atom stereocenters. The van der Waals surface area contributed by atoms with E-state index in [1.54, 1.807) is 0 Å². The largest absolute Gasteiger partial charge is 0.510 e. The molecule has 0 saturated carbocycles. The van der Waals surface area contributed by atoms with Crippen LogP contribution in [0.15, 0.2) is 30.0 Å². The van der Waals surface area contributed by atoms with E-state index in [2.05, 4.69) is 50.5 Å². The molecule has 1 aliphatic rings. The predicted octanol–water partition coefficient (Wildman–Crippen LogP) is 3.48. The van der Waals surface area contributed by atoms with Gasteiger partial charge in [-0.1, -0.05) is 0 Å². The molecule has 1 unspecified atom stereocenters. The van der Waals surface area contributed by atoms with E-state index in [0.29, 0.717) is 60.6 Å². The Morgan fingerprint density at radius 3 is 1.33 bits per heavy atom. The van der Waals surface area contributed by atoms with Crippen LogP contribution in [-0.4, -0.2) is 80.5 Å². The van der Waals surface area contributed by atoms with Gasteiger partial charge in [0, 0.05) is 84.8 Å². The number of phenolic OH excluding ortho intramolecular Hbond substituents is 4. The summed E-state index contributed by atoms with van der Waals surface area (Å²) in [6, 6.07) is 5.59. The van der Waals surface area contributed by atoms with Crippen molar-refractivity contribution in [2.24, 2.45) is 0 Å². The summed E-state index contributed by atoms with van der Waals surface area (Å²) in [5.41, 5.74) is 0.402. The van der Waals surface area contributed by atoms with E-state index < -0.39 is 17.5 Å². The fourth-order valence-corrected chi connectivity index (χ4v) is 5.29. The standard InChI is InChI=1S/C24H30N2O6S4/c27-15-9-13(25(1-5-33)2-6-34)10-16(28)19(15)21-23(31)22(24(21)32)20-17(29)11-14(12-18(20)30)26(3-7-35)4-8-36/h9-12,21,27-31,33-36H,1-8H2. The molecule has 8 nitrogen and oxygen atoms in total. The normalized spacial score (nSPS) is 15.2. The number of phenols is 4. The monoisotopic (exact) mass is 570 g/mol. The van der Waals surface area contributed by atoms with Crippen molar-refractivity contribution in [3.63, 3.8) is 0 Å². The lowest BCUT2D eigenvalue weighted by atomic mass is 9.74. The Morgan fingerprint density at radius 2 is 1.00 bits per heavy atom. The van der Waals surface area contributed by atoms with Gasteiger partial charge in [-0.15, -0.1) is 0 Å². The van der Waals surface area contributed by atoms with Crippen molar-refractivity contribution >= 4 is 73.2 Å². The molecule has 2 aromatic rings. The number of benzene rings is 2. The molecule has 0 bridgehead atoms. The Hall–Kier alpha value is -2.15. The van der Waals surface area contributed by atoms with Gasteiger partial charge < -0.3 is 35.3 Å². The van der Waals surface area contributed by atoms with Crippen LogP contribution in [0.25, 0.3) is 5.57 Å². The maximum Gasteiger partial charge on any atom is 0.182 e. The van der Waals surface area contributed by atoms with E-state index >= 15 is 0 Å². The number of thiol groups is 4. The number of hydrogen-bond acceptors (Lipinski definition) is 12. The number of carbonyl (C=O) groups is 1. The van der Waals surface area contributed by atoms with Gasteiger partial charge in [0.25, 0.3) is 0 Å². The number of aliphatic hydroxyl groups is 1. The Bertz CT molecular complexity index is 1100. The zero-order valence-electron chi connectivity index (χ0n) is 19.4. The number of hydrogen-bond donors (Lipinski definition) is 9. The quantitative estimate of drug-likeness (QED) is 0.178.